The van der Waals surface area contributed by atoms with Crippen molar-refractivity contribution >= 4 is 28.4 Å². The Morgan fingerprint density at radius 3 is 2.72 bits per heavy atom. The fourth-order valence-electron chi connectivity index (χ4n) is 4.65. The molecule has 32 heavy (non-hydrogen) atoms. The zero-order valence-electron chi connectivity index (χ0n) is 17.6. The second kappa shape index (κ2) is 7.65. The molecule has 1 aromatic carbocycles. The van der Waals surface area contributed by atoms with Gasteiger partial charge in [0.1, 0.15) is 11.3 Å². The van der Waals surface area contributed by atoms with Crippen molar-refractivity contribution in [1.29, 1.82) is 0 Å². The number of hydrogen-bond acceptors (Lipinski definition) is 7. The van der Waals surface area contributed by atoms with Crippen molar-refractivity contribution < 1.29 is 14.2 Å². The molecule has 164 valence electrons. The smallest absolute Gasteiger partial charge is 0.184 e. The predicted molar refractivity (Wildman–Crippen MR) is 119 cm³/mol. The van der Waals surface area contributed by atoms with Gasteiger partial charge in [0.05, 0.1) is 30.0 Å². The van der Waals surface area contributed by atoms with Gasteiger partial charge in [-0.15, -0.1) is 10.2 Å². The topological polar surface area (TPSA) is 83.7 Å². The van der Waals surface area contributed by atoms with Crippen LogP contribution in [0, 0.1) is 6.92 Å². The standard InChI is InChI=1S/C23H22ClN5O3/c1-14-20-27-28-21(29(20)22-19(26-14)3-2-10-25-22)17-13-16(4-5-18(17)24)32-15-6-8-23(9-7-15)30-11-12-31-23/h2-5,10,13,15H,6-9,11-12H2,1H3. The highest BCUT2D eigenvalue weighted by Crippen LogP contribution is 2.38. The fraction of sp³-hybridized carbons (Fsp3) is 0.391. The van der Waals surface area contributed by atoms with Crippen LogP contribution in [-0.4, -0.2) is 49.7 Å². The summed E-state index contributed by atoms with van der Waals surface area (Å²) in [6, 6.07) is 9.45. The monoisotopic (exact) mass is 451 g/mol. The van der Waals surface area contributed by atoms with Crippen LogP contribution in [0.4, 0.5) is 0 Å². The molecule has 0 radical (unpaired) electrons. The van der Waals surface area contributed by atoms with Crippen molar-refractivity contribution in [3.63, 3.8) is 0 Å². The Bertz CT molecular complexity index is 1310. The molecule has 1 aliphatic heterocycles. The van der Waals surface area contributed by atoms with Crippen LogP contribution in [0.1, 0.15) is 31.4 Å². The van der Waals surface area contributed by atoms with Crippen molar-refractivity contribution in [3.05, 3.63) is 47.2 Å². The minimum absolute atomic E-state index is 0.103. The highest BCUT2D eigenvalue weighted by molar-refractivity contribution is 6.33. The summed E-state index contributed by atoms with van der Waals surface area (Å²) >= 11 is 6.60. The van der Waals surface area contributed by atoms with E-state index in [9.17, 15) is 0 Å². The van der Waals surface area contributed by atoms with Gasteiger partial charge in [-0.2, -0.15) is 0 Å². The molecule has 4 heterocycles. The summed E-state index contributed by atoms with van der Waals surface area (Å²) in [5, 5.41) is 9.36. The van der Waals surface area contributed by atoms with Gasteiger partial charge in [0.15, 0.2) is 22.9 Å². The largest absolute Gasteiger partial charge is 0.490 e. The molecule has 0 unspecified atom stereocenters. The van der Waals surface area contributed by atoms with Crippen molar-refractivity contribution in [2.75, 3.05) is 13.2 Å². The summed E-state index contributed by atoms with van der Waals surface area (Å²) in [7, 11) is 0. The third-order valence-electron chi connectivity index (χ3n) is 6.24. The zero-order chi connectivity index (χ0) is 21.7. The molecule has 1 saturated carbocycles. The van der Waals surface area contributed by atoms with Crippen molar-refractivity contribution in [2.24, 2.45) is 0 Å². The summed E-state index contributed by atoms with van der Waals surface area (Å²) in [6.07, 6.45) is 5.29. The van der Waals surface area contributed by atoms with Gasteiger partial charge >= 0.3 is 0 Å². The van der Waals surface area contributed by atoms with E-state index in [0.29, 0.717) is 35.4 Å². The molecule has 2 fully saturated rings. The Morgan fingerprint density at radius 2 is 1.91 bits per heavy atom. The highest BCUT2D eigenvalue weighted by Gasteiger charge is 2.40. The maximum absolute atomic E-state index is 6.60. The van der Waals surface area contributed by atoms with E-state index in [4.69, 9.17) is 25.8 Å². The van der Waals surface area contributed by atoms with Crippen molar-refractivity contribution in [1.82, 2.24) is 24.6 Å². The first-order chi connectivity index (χ1) is 15.6. The van der Waals surface area contributed by atoms with Gasteiger partial charge in [0.25, 0.3) is 0 Å². The minimum Gasteiger partial charge on any atom is -0.490 e. The van der Waals surface area contributed by atoms with Crippen LogP contribution in [0.3, 0.4) is 0 Å². The highest BCUT2D eigenvalue weighted by atomic mass is 35.5. The Labute approximate surface area is 189 Å². The SMILES string of the molecule is Cc1nc2cccnc2n2c(-c3cc(OC4CCC5(CC4)OCCO5)ccc3Cl)nnc12. The summed E-state index contributed by atoms with van der Waals surface area (Å²) in [5.74, 6) is 0.962. The van der Waals surface area contributed by atoms with E-state index in [1.807, 2.05) is 41.7 Å². The number of nitrogens with zero attached hydrogens (tertiary/aromatic N) is 5. The van der Waals surface area contributed by atoms with E-state index in [-0.39, 0.29) is 6.10 Å². The number of ether oxygens (including phenoxy) is 3. The van der Waals surface area contributed by atoms with Crippen molar-refractivity contribution in [2.45, 2.75) is 44.5 Å². The number of benzene rings is 1. The average Bonchev–Trinajstić information content (AvgIpc) is 3.45. The van der Waals surface area contributed by atoms with Crippen LogP contribution in [0.2, 0.25) is 5.02 Å². The van der Waals surface area contributed by atoms with Gasteiger partial charge in [0.2, 0.25) is 0 Å². The normalized spacial score (nSPS) is 18.7. The quantitative estimate of drug-likeness (QED) is 0.457. The lowest BCUT2D eigenvalue weighted by Crippen LogP contribution is -2.38. The summed E-state index contributed by atoms with van der Waals surface area (Å²) in [5.41, 5.74) is 3.63. The Balaban J connectivity index is 1.34. The number of aromatic nitrogens is 5. The lowest BCUT2D eigenvalue weighted by Gasteiger charge is -2.35. The lowest BCUT2D eigenvalue weighted by molar-refractivity contribution is -0.186. The van der Waals surface area contributed by atoms with Gasteiger partial charge < -0.3 is 14.2 Å². The van der Waals surface area contributed by atoms with E-state index in [2.05, 4.69) is 20.2 Å². The second-order valence-electron chi connectivity index (χ2n) is 8.29. The van der Waals surface area contributed by atoms with Crippen LogP contribution >= 0.6 is 11.6 Å². The molecule has 0 bridgehead atoms. The number of fused-ring (bicyclic) bond motifs is 3. The molecule has 1 spiro atoms. The molecule has 0 N–H and O–H groups in total. The van der Waals surface area contributed by atoms with Gasteiger partial charge in [0, 0.05) is 24.6 Å². The fourth-order valence-corrected chi connectivity index (χ4v) is 4.85. The molecule has 9 heteroatoms. The first kappa shape index (κ1) is 19.8. The van der Waals surface area contributed by atoms with E-state index in [1.165, 1.54) is 0 Å². The Morgan fingerprint density at radius 1 is 1.09 bits per heavy atom. The molecule has 1 aliphatic carbocycles. The Hall–Kier alpha value is -2.81. The summed E-state index contributed by atoms with van der Waals surface area (Å²) in [4.78, 5) is 9.11. The van der Waals surface area contributed by atoms with Gasteiger partial charge in [-0.1, -0.05) is 11.6 Å². The lowest BCUT2D eigenvalue weighted by atomic mass is 9.92. The minimum atomic E-state index is -0.397. The molecule has 2 aliphatic rings. The number of rotatable bonds is 3. The van der Waals surface area contributed by atoms with E-state index in [1.54, 1.807) is 6.20 Å². The molecule has 3 aromatic heterocycles. The number of aryl methyl sites for hydroxylation is 1. The van der Waals surface area contributed by atoms with Gasteiger partial charge in [-0.3, -0.25) is 4.40 Å². The first-order valence-electron chi connectivity index (χ1n) is 10.8. The van der Waals surface area contributed by atoms with Crippen LogP contribution in [0.5, 0.6) is 5.75 Å². The average molecular weight is 452 g/mol. The van der Waals surface area contributed by atoms with Crippen molar-refractivity contribution in [3.8, 4) is 17.1 Å². The first-order valence-corrected chi connectivity index (χ1v) is 11.2. The maximum Gasteiger partial charge on any atom is 0.184 e. The van der Waals surface area contributed by atoms with Gasteiger partial charge in [-0.25, -0.2) is 9.97 Å². The molecular weight excluding hydrogens is 430 g/mol. The molecule has 1 saturated heterocycles. The summed E-state index contributed by atoms with van der Waals surface area (Å²) < 4.78 is 19.9. The number of hydrogen-bond donors (Lipinski definition) is 0. The third-order valence-corrected chi connectivity index (χ3v) is 6.57. The van der Waals surface area contributed by atoms with Gasteiger partial charge in [-0.05, 0) is 50.1 Å². The van der Waals surface area contributed by atoms with Crippen LogP contribution in [-0.2, 0) is 9.47 Å². The number of halogens is 1. The third kappa shape index (κ3) is 3.30. The van der Waals surface area contributed by atoms with E-state index >= 15 is 0 Å². The molecule has 0 atom stereocenters. The van der Waals surface area contributed by atoms with Crippen LogP contribution in [0.15, 0.2) is 36.5 Å². The molecule has 4 aromatic rings. The molecular formula is C23H22ClN5O3. The zero-order valence-corrected chi connectivity index (χ0v) is 18.4. The maximum atomic E-state index is 6.60. The second-order valence-corrected chi connectivity index (χ2v) is 8.70. The van der Waals surface area contributed by atoms with E-state index < -0.39 is 5.79 Å². The summed E-state index contributed by atoms with van der Waals surface area (Å²) in [6.45, 7) is 3.27. The molecule has 8 nitrogen and oxygen atoms in total. The Kier molecular flexibility index (Phi) is 4.74. The van der Waals surface area contributed by atoms with Crippen LogP contribution in [0.25, 0.3) is 28.2 Å². The molecule has 0 amide bonds. The predicted octanol–water partition coefficient (Wildman–Crippen LogP) is 4.37. The van der Waals surface area contributed by atoms with E-state index in [0.717, 1.165) is 48.2 Å². The number of pyridine rings is 1. The molecule has 6 rings (SSSR count). The van der Waals surface area contributed by atoms with Crippen LogP contribution < -0.4 is 4.74 Å².